The van der Waals surface area contributed by atoms with Gasteiger partial charge in [0.05, 0.1) is 30.0 Å². The summed E-state index contributed by atoms with van der Waals surface area (Å²) in [6, 6.07) is 15.3. The average molecular weight is 662 g/mol. The molecule has 0 bridgehead atoms. The van der Waals surface area contributed by atoms with Crippen LogP contribution in [-0.2, 0) is 9.59 Å². The number of amidine groups is 1. The number of hydrogen-bond donors (Lipinski definition) is 2. The fourth-order valence-corrected chi connectivity index (χ4v) is 6.83. The van der Waals surface area contributed by atoms with Crippen molar-refractivity contribution in [2.75, 3.05) is 57.8 Å². The summed E-state index contributed by atoms with van der Waals surface area (Å²) in [5.74, 6) is 1.60. The molecule has 5 heterocycles. The molecule has 49 heavy (non-hydrogen) atoms. The number of aliphatic imine (C=N–C) groups is 2. The standard InChI is InChI=1S/C37H43N9O3/c1-4-49-31-12-10-29(21-41-31)33(38)34-25(2)5-11-30(43-34)46-20-16-37(36(46)48)15-19-44(23-37)22-32(47)45-17-13-27(14-18-45)26-6-8-28(9-7-26)35(39)42-24-40-3/h5-13,21,24,38H,4,14-20,22-23H2,1-3H3,(H2,39,40,42)/t37-/m0/s1. The number of likely N-dealkylation sites (tertiary alicyclic amines) is 1. The second kappa shape index (κ2) is 14.5. The molecule has 1 atom stereocenters. The van der Waals surface area contributed by atoms with E-state index in [2.05, 4.69) is 25.9 Å². The van der Waals surface area contributed by atoms with Crippen LogP contribution in [0.5, 0.6) is 5.88 Å². The zero-order chi connectivity index (χ0) is 34.5. The highest BCUT2D eigenvalue weighted by atomic mass is 16.5. The Kier molecular flexibility index (Phi) is 9.95. The number of aryl methyl sites for hydroxylation is 1. The molecule has 3 aliphatic heterocycles. The summed E-state index contributed by atoms with van der Waals surface area (Å²) in [5.41, 5.74) is 10.9. The van der Waals surface area contributed by atoms with Crippen LogP contribution in [0.15, 0.2) is 70.8 Å². The van der Waals surface area contributed by atoms with Gasteiger partial charge in [-0.3, -0.25) is 29.8 Å². The van der Waals surface area contributed by atoms with Crippen LogP contribution in [0.3, 0.4) is 0 Å². The van der Waals surface area contributed by atoms with Crippen molar-refractivity contribution in [1.29, 1.82) is 5.41 Å². The number of nitrogens with zero attached hydrogens (tertiary/aromatic N) is 7. The molecule has 0 saturated carbocycles. The number of anilines is 1. The summed E-state index contributed by atoms with van der Waals surface area (Å²) in [5, 5.41) is 8.83. The number of nitrogens with two attached hydrogens (primary N) is 1. The van der Waals surface area contributed by atoms with Gasteiger partial charge in [-0.2, -0.15) is 0 Å². The molecule has 0 radical (unpaired) electrons. The monoisotopic (exact) mass is 661 g/mol. The van der Waals surface area contributed by atoms with Crippen molar-refractivity contribution in [3.05, 3.63) is 88.8 Å². The zero-order valence-electron chi connectivity index (χ0n) is 28.4. The highest BCUT2D eigenvalue weighted by molar-refractivity contribution is 6.11. The molecule has 1 spiro atoms. The third-order valence-electron chi connectivity index (χ3n) is 9.64. The summed E-state index contributed by atoms with van der Waals surface area (Å²) in [7, 11) is 1.65. The Balaban J connectivity index is 1.05. The summed E-state index contributed by atoms with van der Waals surface area (Å²) in [4.78, 5) is 50.1. The van der Waals surface area contributed by atoms with Crippen molar-refractivity contribution >= 4 is 41.1 Å². The van der Waals surface area contributed by atoms with E-state index in [-0.39, 0.29) is 17.5 Å². The van der Waals surface area contributed by atoms with E-state index in [1.54, 1.807) is 30.3 Å². The SMILES string of the molecule is CCOc1ccc(C(=N)c2nc(N3CC[C@]4(CCN(CC(=O)N5CC=C(c6ccc(C(N)=NC=NC)cc6)CC5)C4)C3=O)ccc2C)cn1. The molecule has 3 aromatic rings. The number of rotatable bonds is 10. The molecular formula is C37H43N9O3. The van der Waals surface area contributed by atoms with E-state index < -0.39 is 5.41 Å². The van der Waals surface area contributed by atoms with E-state index in [4.69, 9.17) is 20.9 Å². The molecule has 2 amide bonds. The first kappa shape index (κ1) is 33.7. The lowest BCUT2D eigenvalue weighted by molar-refractivity contribution is -0.132. The van der Waals surface area contributed by atoms with Crippen LogP contribution in [0.2, 0.25) is 0 Å². The van der Waals surface area contributed by atoms with Crippen LogP contribution in [0.1, 0.15) is 54.1 Å². The van der Waals surface area contributed by atoms with Gasteiger partial charge < -0.3 is 15.4 Å². The molecule has 0 unspecified atom stereocenters. The second-order valence-electron chi connectivity index (χ2n) is 12.8. The molecule has 1 aromatic carbocycles. The third-order valence-corrected chi connectivity index (χ3v) is 9.64. The fraction of sp³-hybridized carbons (Fsp3) is 0.378. The van der Waals surface area contributed by atoms with Gasteiger partial charge in [-0.1, -0.05) is 36.4 Å². The van der Waals surface area contributed by atoms with Gasteiger partial charge in [-0.15, -0.1) is 0 Å². The number of benzene rings is 1. The molecule has 3 aliphatic rings. The van der Waals surface area contributed by atoms with Crippen molar-refractivity contribution < 1.29 is 14.3 Å². The Labute approximate surface area is 286 Å². The predicted molar refractivity (Wildman–Crippen MR) is 192 cm³/mol. The van der Waals surface area contributed by atoms with Crippen LogP contribution < -0.4 is 15.4 Å². The minimum Gasteiger partial charge on any atom is -0.478 e. The van der Waals surface area contributed by atoms with Crippen molar-refractivity contribution in [2.45, 2.75) is 33.1 Å². The van der Waals surface area contributed by atoms with E-state index in [1.165, 1.54) is 11.9 Å². The highest BCUT2D eigenvalue weighted by Gasteiger charge is 2.51. The van der Waals surface area contributed by atoms with E-state index in [1.807, 2.05) is 55.1 Å². The first-order valence-corrected chi connectivity index (χ1v) is 16.7. The largest absolute Gasteiger partial charge is 0.478 e. The van der Waals surface area contributed by atoms with Crippen molar-refractivity contribution in [2.24, 2.45) is 21.1 Å². The fourth-order valence-electron chi connectivity index (χ4n) is 6.83. The third kappa shape index (κ3) is 7.14. The first-order chi connectivity index (χ1) is 23.7. The molecule has 254 valence electrons. The number of hydrogen-bond acceptors (Lipinski definition) is 8. The maximum Gasteiger partial charge on any atom is 0.237 e. The molecule has 12 nitrogen and oxygen atoms in total. The predicted octanol–water partition coefficient (Wildman–Crippen LogP) is 3.71. The number of carbonyl (C=O) groups excluding carboxylic acids is 2. The molecule has 2 fully saturated rings. The molecule has 2 aromatic heterocycles. The Morgan fingerprint density at radius 3 is 2.55 bits per heavy atom. The van der Waals surface area contributed by atoms with Gasteiger partial charge >= 0.3 is 0 Å². The van der Waals surface area contributed by atoms with Gasteiger partial charge in [-0.05, 0) is 68.5 Å². The van der Waals surface area contributed by atoms with Crippen molar-refractivity contribution in [3.63, 3.8) is 0 Å². The first-order valence-electron chi connectivity index (χ1n) is 16.7. The number of carbonyl (C=O) groups is 2. The molecule has 2 saturated heterocycles. The van der Waals surface area contributed by atoms with E-state index in [9.17, 15) is 9.59 Å². The lowest BCUT2D eigenvalue weighted by Crippen LogP contribution is -2.43. The maximum atomic E-state index is 13.9. The maximum absolute atomic E-state index is 13.9. The van der Waals surface area contributed by atoms with Gasteiger partial charge in [0, 0.05) is 56.6 Å². The average Bonchev–Trinajstić information content (AvgIpc) is 3.69. The van der Waals surface area contributed by atoms with Gasteiger partial charge in [0.1, 0.15) is 18.0 Å². The van der Waals surface area contributed by atoms with Crippen LogP contribution in [-0.4, -0.2) is 102 Å². The number of aromatic nitrogens is 2. The molecule has 3 N–H and O–H groups in total. The molecule has 6 rings (SSSR count). The van der Waals surface area contributed by atoms with Crippen molar-refractivity contribution in [1.82, 2.24) is 19.8 Å². The summed E-state index contributed by atoms with van der Waals surface area (Å²) in [6.07, 6.45) is 7.35. The van der Waals surface area contributed by atoms with Crippen LogP contribution in [0.25, 0.3) is 5.57 Å². The summed E-state index contributed by atoms with van der Waals surface area (Å²) in [6.45, 7) is 7.64. The number of ether oxygens (including phenoxy) is 1. The normalized spacial score (nSPS) is 20.0. The molecule has 12 heteroatoms. The van der Waals surface area contributed by atoms with Gasteiger partial charge in [0.2, 0.25) is 17.7 Å². The Morgan fingerprint density at radius 1 is 1.08 bits per heavy atom. The summed E-state index contributed by atoms with van der Waals surface area (Å²) < 4.78 is 5.43. The lowest BCUT2D eigenvalue weighted by atomic mass is 9.85. The van der Waals surface area contributed by atoms with Gasteiger partial charge in [-0.25, -0.2) is 15.0 Å². The molecular weight excluding hydrogens is 618 g/mol. The Bertz CT molecular complexity index is 1820. The van der Waals surface area contributed by atoms with Gasteiger partial charge in [0.15, 0.2) is 0 Å². The van der Waals surface area contributed by atoms with Crippen LogP contribution in [0.4, 0.5) is 5.82 Å². The number of pyridine rings is 2. The van der Waals surface area contributed by atoms with Crippen LogP contribution >= 0.6 is 0 Å². The smallest absolute Gasteiger partial charge is 0.237 e. The topological polar surface area (TPSA) is 153 Å². The van der Waals surface area contributed by atoms with E-state index >= 15 is 0 Å². The second-order valence-corrected chi connectivity index (χ2v) is 12.8. The minimum atomic E-state index is -0.530. The number of nitrogens with one attached hydrogen (secondary N) is 1. The highest BCUT2D eigenvalue weighted by Crippen LogP contribution is 2.42. The quantitative estimate of drug-likeness (QED) is 0.248. The minimum absolute atomic E-state index is 0.0436. The number of amides is 2. The Hall–Kier alpha value is -5.23. The molecule has 0 aliphatic carbocycles. The zero-order valence-corrected chi connectivity index (χ0v) is 28.4. The van der Waals surface area contributed by atoms with Gasteiger partial charge in [0.25, 0.3) is 0 Å². The van der Waals surface area contributed by atoms with Crippen LogP contribution in [0, 0.1) is 17.7 Å². The van der Waals surface area contributed by atoms with E-state index in [0.717, 1.165) is 23.1 Å². The van der Waals surface area contributed by atoms with Crippen molar-refractivity contribution in [3.8, 4) is 5.88 Å². The lowest BCUT2D eigenvalue weighted by Gasteiger charge is -2.29. The van der Waals surface area contributed by atoms with E-state index in [0.29, 0.717) is 87.5 Å². The Morgan fingerprint density at radius 2 is 1.86 bits per heavy atom. The summed E-state index contributed by atoms with van der Waals surface area (Å²) >= 11 is 0.